The number of carbonyl (C=O) groups excluding carboxylic acids is 1. The Morgan fingerprint density at radius 1 is 1.28 bits per heavy atom. The highest BCUT2D eigenvalue weighted by Crippen LogP contribution is 2.13. The molecule has 0 heterocycles. The van der Waals surface area contributed by atoms with Crippen LogP contribution in [0.25, 0.3) is 0 Å². The van der Waals surface area contributed by atoms with Crippen molar-refractivity contribution in [1.29, 1.82) is 0 Å². The third-order valence-corrected chi connectivity index (χ3v) is 2.73. The summed E-state index contributed by atoms with van der Waals surface area (Å²) >= 11 is 0. The third-order valence-electron chi connectivity index (χ3n) is 2.73. The SMILES string of the molecule is CN(CC(=O)N(C)C)Cc1cc(F)ccc1CN. The van der Waals surface area contributed by atoms with Crippen molar-refractivity contribution in [3.63, 3.8) is 0 Å². The highest BCUT2D eigenvalue weighted by Gasteiger charge is 2.11. The van der Waals surface area contributed by atoms with E-state index in [-0.39, 0.29) is 11.7 Å². The van der Waals surface area contributed by atoms with E-state index in [1.807, 2.05) is 11.9 Å². The summed E-state index contributed by atoms with van der Waals surface area (Å²) in [5, 5.41) is 0. The minimum absolute atomic E-state index is 0.0169. The van der Waals surface area contributed by atoms with Crippen molar-refractivity contribution in [2.24, 2.45) is 5.73 Å². The number of likely N-dealkylation sites (N-methyl/N-ethyl adjacent to an activating group) is 2. The highest BCUT2D eigenvalue weighted by molar-refractivity contribution is 5.77. The van der Waals surface area contributed by atoms with Crippen LogP contribution in [-0.4, -0.2) is 43.4 Å². The van der Waals surface area contributed by atoms with Gasteiger partial charge in [0.25, 0.3) is 0 Å². The van der Waals surface area contributed by atoms with Gasteiger partial charge in [-0.1, -0.05) is 6.07 Å². The first-order chi connectivity index (χ1) is 8.43. The quantitative estimate of drug-likeness (QED) is 0.844. The van der Waals surface area contributed by atoms with Crippen LogP contribution in [0.15, 0.2) is 18.2 Å². The summed E-state index contributed by atoms with van der Waals surface area (Å²) in [4.78, 5) is 14.9. The highest BCUT2D eigenvalue weighted by atomic mass is 19.1. The number of amides is 1. The minimum atomic E-state index is -0.283. The molecule has 0 atom stereocenters. The lowest BCUT2D eigenvalue weighted by Gasteiger charge is -2.20. The number of rotatable bonds is 5. The average Bonchev–Trinajstić information content (AvgIpc) is 2.28. The van der Waals surface area contributed by atoms with Gasteiger partial charge in [-0.2, -0.15) is 0 Å². The van der Waals surface area contributed by atoms with E-state index in [0.29, 0.717) is 19.6 Å². The molecule has 0 saturated heterocycles. The van der Waals surface area contributed by atoms with Crippen molar-refractivity contribution >= 4 is 5.91 Å². The van der Waals surface area contributed by atoms with Gasteiger partial charge in [0.2, 0.25) is 5.91 Å². The maximum atomic E-state index is 13.2. The molecule has 0 saturated carbocycles. The fourth-order valence-electron chi connectivity index (χ4n) is 1.66. The lowest BCUT2D eigenvalue weighted by molar-refractivity contribution is -0.129. The average molecular weight is 253 g/mol. The van der Waals surface area contributed by atoms with E-state index in [0.717, 1.165) is 11.1 Å². The second kappa shape index (κ2) is 6.47. The molecule has 0 radical (unpaired) electrons. The molecule has 0 aliphatic carbocycles. The molecule has 1 rings (SSSR count). The summed E-state index contributed by atoms with van der Waals surface area (Å²) in [6, 6.07) is 4.56. The Morgan fingerprint density at radius 2 is 1.94 bits per heavy atom. The number of carbonyl (C=O) groups is 1. The normalized spacial score (nSPS) is 10.8. The van der Waals surface area contributed by atoms with E-state index < -0.39 is 0 Å². The minimum Gasteiger partial charge on any atom is -0.348 e. The van der Waals surface area contributed by atoms with Crippen LogP contribution in [0.2, 0.25) is 0 Å². The van der Waals surface area contributed by atoms with E-state index in [4.69, 9.17) is 5.73 Å². The summed E-state index contributed by atoms with van der Waals surface area (Å²) in [5.74, 6) is -0.266. The van der Waals surface area contributed by atoms with E-state index in [1.54, 1.807) is 20.2 Å². The molecule has 18 heavy (non-hydrogen) atoms. The number of hydrogen-bond acceptors (Lipinski definition) is 3. The number of halogens is 1. The van der Waals surface area contributed by atoms with Crippen LogP contribution in [-0.2, 0) is 17.9 Å². The first kappa shape index (κ1) is 14.6. The van der Waals surface area contributed by atoms with E-state index in [9.17, 15) is 9.18 Å². The second-order valence-electron chi connectivity index (χ2n) is 4.58. The molecular formula is C13H20FN3O. The van der Waals surface area contributed by atoms with Gasteiger partial charge < -0.3 is 10.6 Å². The molecule has 5 heteroatoms. The van der Waals surface area contributed by atoms with E-state index in [2.05, 4.69) is 0 Å². The van der Waals surface area contributed by atoms with Crippen LogP contribution >= 0.6 is 0 Å². The largest absolute Gasteiger partial charge is 0.348 e. The van der Waals surface area contributed by atoms with Crippen molar-refractivity contribution in [3.05, 3.63) is 35.1 Å². The third kappa shape index (κ3) is 4.09. The van der Waals surface area contributed by atoms with Gasteiger partial charge in [0.05, 0.1) is 6.54 Å². The molecule has 0 aromatic heterocycles. The van der Waals surface area contributed by atoms with Crippen LogP contribution in [0.1, 0.15) is 11.1 Å². The number of benzene rings is 1. The topological polar surface area (TPSA) is 49.6 Å². The zero-order chi connectivity index (χ0) is 13.7. The van der Waals surface area contributed by atoms with Gasteiger partial charge in [-0.3, -0.25) is 9.69 Å². The summed E-state index contributed by atoms with van der Waals surface area (Å²) in [6.45, 7) is 1.17. The first-order valence-corrected chi connectivity index (χ1v) is 5.80. The Kier molecular flexibility index (Phi) is 5.25. The van der Waals surface area contributed by atoms with Crippen LogP contribution in [0.5, 0.6) is 0 Å². The van der Waals surface area contributed by atoms with Gasteiger partial charge in [-0.05, 0) is 30.3 Å². The summed E-state index contributed by atoms with van der Waals surface area (Å²) in [5.41, 5.74) is 7.34. The van der Waals surface area contributed by atoms with E-state index >= 15 is 0 Å². The van der Waals surface area contributed by atoms with Crippen molar-refractivity contribution in [2.75, 3.05) is 27.7 Å². The fourth-order valence-corrected chi connectivity index (χ4v) is 1.66. The van der Waals surface area contributed by atoms with Gasteiger partial charge in [-0.25, -0.2) is 4.39 Å². The Labute approximate surface area is 107 Å². The molecule has 0 fully saturated rings. The smallest absolute Gasteiger partial charge is 0.236 e. The Bertz CT molecular complexity index is 421. The number of nitrogens with zero attached hydrogens (tertiary/aromatic N) is 2. The fraction of sp³-hybridized carbons (Fsp3) is 0.462. The molecule has 100 valence electrons. The standard InChI is InChI=1S/C13H20FN3O/c1-16(2)13(18)9-17(3)8-11-6-12(14)5-4-10(11)7-15/h4-6H,7-9,15H2,1-3H3. The number of nitrogens with two attached hydrogens (primary N) is 1. The van der Waals surface area contributed by atoms with Crippen LogP contribution in [0, 0.1) is 5.82 Å². The monoisotopic (exact) mass is 253 g/mol. The molecular weight excluding hydrogens is 233 g/mol. The van der Waals surface area contributed by atoms with Crippen LogP contribution < -0.4 is 5.73 Å². The Balaban J connectivity index is 2.72. The zero-order valence-corrected chi connectivity index (χ0v) is 11.1. The van der Waals surface area contributed by atoms with Crippen molar-refractivity contribution < 1.29 is 9.18 Å². The zero-order valence-electron chi connectivity index (χ0n) is 11.1. The molecule has 0 aliphatic rings. The van der Waals surface area contributed by atoms with Crippen molar-refractivity contribution in [1.82, 2.24) is 9.80 Å². The van der Waals surface area contributed by atoms with Crippen LogP contribution in [0.3, 0.4) is 0 Å². The van der Waals surface area contributed by atoms with Crippen molar-refractivity contribution in [3.8, 4) is 0 Å². The lowest BCUT2D eigenvalue weighted by Crippen LogP contribution is -2.34. The molecule has 4 nitrogen and oxygen atoms in total. The molecule has 0 bridgehead atoms. The van der Waals surface area contributed by atoms with Crippen molar-refractivity contribution in [2.45, 2.75) is 13.1 Å². The predicted molar refractivity (Wildman–Crippen MR) is 69.3 cm³/mol. The van der Waals surface area contributed by atoms with Gasteiger partial charge in [0, 0.05) is 27.2 Å². The van der Waals surface area contributed by atoms with Crippen LogP contribution in [0.4, 0.5) is 4.39 Å². The Morgan fingerprint density at radius 3 is 2.50 bits per heavy atom. The molecule has 1 aromatic rings. The maximum absolute atomic E-state index is 13.2. The van der Waals surface area contributed by atoms with Gasteiger partial charge >= 0.3 is 0 Å². The summed E-state index contributed by atoms with van der Waals surface area (Å²) < 4.78 is 13.2. The molecule has 2 N–H and O–H groups in total. The number of hydrogen-bond donors (Lipinski definition) is 1. The maximum Gasteiger partial charge on any atom is 0.236 e. The molecule has 0 spiro atoms. The first-order valence-electron chi connectivity index (χ1n) is 5.80. The molecule has 0 aliphatic heterocycles. The second-order valence-corrected chi connectivity index (χ2v) is 4.58. The Hall–Kier alpha value is -1.46. The summed E-state index contributed by atoms with van der Waals surface area (Å²) in [7, 11) is 5.25. The summed E-state index contributed by atoms with van der Waals surface area (Å²) in [6.07, 6.45) is 0. The molecule has 0 unspecified atom stereocenters. The van der Waals surface area contributed by atoms with Gasteiger partial charge in [0.15, 0.2) is 0 Å². The lowest BCUT2D eigenvalue weighted by atomic mass is 10.1. The molecule has 1 amide bonds. The predicted octanol–water partition coefficient (Wildman–Crippen LogP) is 0.804. The van der Waals surface area contributed by atoms with E-state index in [1.165, 1.54) is 17.0 Å². The molecule has 1 aromatic carbocycles. The van der Waals surface area contributed by atoms with Gasteiger partial charge in [0.1, 0.15) is 5.82 Å². The van der Waals surface area contributed by atoms with Gasteiger partial charge in [-0.15, -0.1) is 0 Å².